The van der Waals surface area contributed by atoms with Gasteiger partial charge in [-0.15, -0.1) is 0 Å². The van der Waals surface area contributed by atoms with Gasteiger partial charge in [0.1, 0.15) is 6.61 Å². The van der Waals surface area contributed by atoms with Crippen molar-refractivity contribution < 1.29 is 22.6 Å². The lowest BCUT2D eigenvalue weighted by Gasteiger charge is -2.11. The molecule has 158 valence electrons. The number of nitrogens with one attached hydrogen (secondary N) is 2. The van der Waals surface area contributed by atoms with Crippen molar-refractivity contribution in [2.75, 3.05) is 20.3 Å². The Balaban J connectivity index is 1.88. The molecule has 1 aromatic heterocycles. The maximum atomic E-state index is 12.1. The summed E-state index contributed by atoms with van der Waals surface area (Å²) in [4.78, 5) is 8.86. The number of nitrogens with zero attached hydrogens (tertiary/aromatic N) is 2. The van der Waals surface area contributed by atoms with E-state index in [2.05, 4.69) is 25.3 Å². The molecule has 1 heterocycles. The molecular weight excluding hydrogens is 385 g/mol. The number of hydrogen-bond acceptors (Lipinski definition) is 4. The van der Waals surface area contributed by atoms with Crippen LogP contribution in [0.4, 0.5) is 13.2 Å². The first-order valence-corrected chi connectivity index (χ1v) is 9.14. The van der Waals surface area contributed by atoms with Crippen LogP contribution in [0.25, 0.3) is 0 Å². The molecule has 0 unspecified atom stereocenters. The molecule has 29 heavy (non-hydrogen) atoms. The van der Waals surface area contributed by atoms with Crippen LogP contribution in [0.2, 0.25) is 0 Å². The van der Waals surface area contributed by atoms with Crippen molar-refractivity contribution in [3.05, 3.63) is 59.3 Å². The van der Waals surface area contributed by atoms with Crippen LogP contribution in [0.5, 0.6) is 5.88 Å². The van der Waals surface area contributed by atoms with Crippen LogP contribution in [-0.4, -0.2) is 37.4 Å². The summed E-state index contributed by atoms with van der Waals surface area (Å²) in [6.07, 6.45) is -4.31. The lowest BCUT2D eigenvalue weighted by Crippen LogP contribution is -2.37. The number of aliphatic imine (C=N–C) groups is 1. The smallest absolute Gasteiger partial charge is 0.411 e. The Morgan fingerprint density at radius 3 is 2.45 bits per heavy atom. The number of aromatic nitrogens is 1. The van der Waals surface area contributed by atoms with Crippen LogP contribution in [-0.2, 0) is 24.4 Å². The molecule has 9 heteroatoms. The van der Waals surface area contributed by atoms with Gasteiger partial charge < -0.3 is 20.1 Å². The van der Waals surface area contributed by atoms with E-state index in [9.17, 15) is 13.2 Å². The fourth-order valence-corrected chi connectivity index (χ4v) is 2.38. The molecule has 0 aliphatic heterocycles. The molecule has 2 N–H and O–H groups in total. The standard InChI is InChI=1S/C20H25F3N4O2/c1-3-24-19(26-12-17-5-4-6-18(27-17)28-2)25-11-15-7-9-16(10-8-15)13-29-14-20(21,22)23/h4-10H,3,11-14H2,1-2H3,(H2,24,25,26). The number of methoxy groups -OCH3 is 1. The predicted octanol–water partition coefficient (Wildman–Crippen LogP) is 3.42. The van der Waals surface area contributed by atoms with Crippen molar-refractivity contribution in [1.29, 1.82) is 0 Å². The van der Waals surface area contributed by atoms with Gasteiger partial charge in [0.25, 0.3) is 0 Å². The number of halogens is 3. The Kier molecular flexibility index (Phi) is 8.72. The Hall–Kier alpha value is -2.81. The summed E-state index contributed by atoms with van der Waals surface area (Å²) in [5, 5.41) is 6.36. The molecular formula is C20H25F3N4O2. The topological polar surface area (TPSA) is 67.8 Å². The predicted molar refractivity (Wildman–Crippen MR) is 105 cm³/mol. The minimum absolute atomic E-state index is 0.0825. The molecule has 0 radical (unpaired) electrons. The molecule has 6 nitrogen and oxygen atoms in total. The van der Waals surface area contributed by atoms with Crippen molar-refractivity contribution >= 4 is 5.96 Å². The average molecular weight is 410 g/mol. The molecule has 0 bridgehead atoms. The fourth-order valence-electron chi connectivity index (χ4n) is 2.38. The summed E-state index contributed by atoms with van der Waals surface area (Å²) in [5.74, 6) is 1.18. The van der Waals surface area contributed by atoms with Gasteiger partial charge in [0, 0.05) is 12.6 Å². The molecule has 0 amide bonds. The molecule has 0 saturated heterocycles. The van der Waals surface area contributed by atoms with E-state index in [1.54, 1.807) is 25.3 Å². The highest BCUT2D eigenvalue weighted by atomic mass is 19.4. The number of ether oxygens (including phenoxy) is 2. The van der Waals surface area contributed by atoms with Crippen LogP contribution in [0.15, 0.2) is 47.5 Å². The third-order valence-corrected chi connectivity index (χ3v) is 3.75. The summed E-state index contributed by atoms with van der Waals surface area (Å²) in [6, 6.07) is 12.7. The second kappa shape index (κ2) is 11.3. The van der Waals surface area contributed by atoms with Crippen molar-refractivity contribution in [3.8, 4) is 5.88 Å². The Morgan fingerprint density at radius 1 is 1.07 bits per heavy atom. The molecule has 0 atom stereocenters. The number of benzene rings is 1. The molecule has 0 spiro atoms. The zero-order chi connectivity index (χ0) is 21.1. The largest absolute Gasteiger partial charge is 0.481 e. The first-order chi connectivity index (χ1) is 13.9. The van der Waals surface area contributed by atoms with Crippen LogP contribution < -0.4 is 15.4 Å². The Bertz CT molecular complexity index is 780. The van der Waals surface area contributed by atoms with Crippen molar-refractivity contribution in [1.82, 2.24) is 15.6 Å². The molecule has 2 aromatic rings. The van der Waals surface area contributed by atoms with E-state index in [-0.39, 0.29) is 6.61 Å². The van der Waals surface area contributed by atoms with E-state index in [0.717, 1.165) is 11.3 Å². The highest BCUT2D eigenvalue weighted by Crippen LogP contribution is 2.16. The molecule has 2 rings (SSSR count). The maximum absolute atomic E-state index is 12.1. The van der Waals surface area contributed by atoms with Crippen LogP contribution in [0.1, 0.15) is 23.7 Å². The van der Waals surface area contributed by atoms with Crippen molar-refractivity contribution in [2.24, 2.45) is 4.99 Å². The van der Waals surface area contributed by atoms with Gasteiger partial charge in [-0.1, -0.05) is 30.3 Å². The van der Waals surface area contributed by atoms with Gasteiger partial charge in [0.2, 0.25) is 5.88 Å². The van der Waals surface area contributed by atoms with E-state index in [1.165, 1.54) is 0 Å². The second-order valence-corrected chi connectivity index (χ2v) is 6.14. The van der Waals surface area contributed by atoms with Gasteiger partial charge in [0.15, 0.2) is 5.96 Å². The van der Waals surface area contributed by atoms with E-state index in [1.807, 2.05) is 31.2 Å². The highest BCUT2D eigenvalue weighted by molar-refractivity contribution is 5.79. The van der Waals surface area contributed by atoms with Gasteiger partial charge in [0.05, 0.1) is 32.5 Å². The summed E-state index contributed by atoms with van der Waals surface area (Å²) >= 11 is 0. The van der Waals surface area contributed by atoms with Crippen LogP contribution in [0, 0.1) is 0 Å². The summed E-state index contributed by atoms with van der Waals surface area (Å²) in [5.41, 5.74) is 2.43. The van der Waals surface area contributed by atoms with E-state index in [0.29, 0.717) is 37.0 Å². The van der Waals surface area contributed by atoms with E-state index >= 15 is 0 Å². The number of rotatable bonds is 9. The lowest BCUT2D eigenvalue weighted by atomic mass is 10.1. The van der Waals surface area contributed by atoms with E-state index in [4.69, 9.17) is 4.74 Å². The normalized spacial score (nSPS) is 12.0. The lowest BCUT2D eigenvalue weighted by molar-refractivity contribution is -0.176. The molecule has 0 aliphatic rings. The van der Waals surface area contributed by atoms with Crippen LogP contribution >= 0.6 is 0 Å². The van der Waals surface area contributed by atoms with E-state index < -0.39 is 12.8 Å². The molecule has 0 aliphatic carbocycles. The number of guanidine groups is 1. The van der Waals surface area contributed by atoms with Gasteiger partial charge >= 0.3 is 6.18 Å². The minimum Gasteiger partial charge on any atom is -0.481 e. The Morgan fingerprint density at radius 2 is 1.79 bits per heavy atom. The zero-order valence-electron chi connectivity index (χ0n) is 16.4. The zero-order valence-corrected chi connectivity index (χ0v) is 16.4. The van der Waals surface area contributed by atoms with Gasteiger partial charge in [-0.3, -0.25) is 0 Å². The van der Waals surface area contributed by atoms with Gasteiger partial charge in [-0.25, -0.2) is 9.98 Å². The first-order valence-electron chi connectivity index (χ1n) is 9.14. The number of pyridine rings is 1. The first kappa shape index (κ1) is 22.5. The second-order valence-electron chi connectivity index (χ2n) is 6.14. The van der Waals surface area contributed by atoms with Gasteiger partial charge in [-0.2, -0.15) is 13.2 Å². The molecule has 0 fully saturated rings. The summed E-state index contributed by atoms with van der Waals surface area (Å²) in [7, 11) is 1.57. The SMILES string of the molecule is CCNC(=NCc1ccc(COCC(F)(F)F)cc1)NCc1cccc(OC)n1. The number of alkyl halides is 3. The third kappa shape index (κ3) is 8.82. The van der Waals surface area contributed by atoms with Crippen molar-refractivity contribution in [3.63, 3.8) is 0 Å². The van der Waals surface area contributed by atoms with Gasteiger partial charge in [-0.05, 0) is 24.1 Å². The average Bonchev–Trinajstić information content (AvgIpc) is 2.70. The van der Waals surface area contributed by atoms with Crippen LogP contribution in [0.3, 0.4) is 0 Å². The summed E-state index contributed by atoms with van der Waals surface area (Å²) < 4.78 is 46.1. The maximum Gasteiger partial charge on any atom is 0.411 e. The summed E-state index contributed by atoms with van der Waals surface area (Å²) in [6.45, 7) is 2.24. The highest BCUT2D eigenvalue weighted by Gasteiger charge is 2.27. The quantitative estimate of drug-likeness (QED) is 0.490. The molecule has 1 aromatic carbocycles. The van der Waals surface area contributed by atoms with Crippen molar-refractivity contribution in [2.45, 2.75) is 32.8 Å². The third-order valence-electron chi connectivity index (χ3n) is 3.75. The Labute approximate surface area is 168 Å². The minimum atomic E-state index is -4.31. The monoisotopic (exact) mass is 410 g/mol. The number of hydrogen-bond donors (Lipinski definition) is 2. The molecule has 0 saturated carbocycles. The fraction of sp³-hybridized carbons (Fsp3) is 0.400.